The van der Waals surface area contributed by atoms with Crippen LogP contribution in [0.15, 0.2) is 42.5 Å². The van der Waals surface area contributed by atoms with Gasteiger partial charge in [-0.2, -0.15) is 0 Å². The molecule has 2 amide bonds. The van der Waals surface area contributed by atoms with E-state index in [0.717, 1.165) is 30.5 Å². The SMILES string of the molecule is O=C(Nc1ccc(F)c(F)c1F)NC(c1ccccc1)C1CC1. The zero-order chi connectivity index (χ0) is 16.4. The maximum absolute atomic E-state index is 13.6. The molecule has 0 aromatic heterocycles. The van der Waals surface area contributed by atoms with E-state index >= 15 is 0 Å². The van der Waals surface area contributed by atoms with Gasteiger partial charge in [-0.25, -0.2) is 18.0 Å². The van der Waals surface area contributed by atoms with Gasteiger partial charge in [0.2, 0.25) is 0 Å². The van der Waals surface area contributed by atoms with E-state index in [1.165, 1.54) is 0 Å². The van der Waals surface area contributed by atoms with Crippen molar-refractivity contribution in [1.29, 1.82) is 0 Å². The summed E-state index contributed by atoms with van der Waals surface area (Å²) < 4.78 is 39.7. The van der Waals surface area contributed by atoms with Crippen molar-refractivity contribution < 1.29 is 18.0 Å². The number of carbonyl (C=O) groups is 1. The van der Waals surface area contributed by atoms with Crippen LogP contribution in [-0.2, 0) is 0 Å². The maximum atomic E-state index is 13.6. The fourth-order valence-electron chi connectivity index (χ4n) is 2.49. The second-order valence-electron chi connectivity index (χ2n) is 5.55. The molecule has 0 radical (unpaired) electrons. The normalized spacial score (nSPS) is 15.1. The van der Waals surface area contributed by atoms with Gasteiger partial charge in [-0.05, 0) is 36.5 Å². The Bertz CT molecular complexity index is 717. The number of hydrogen-bond donors (Lipinski definition) is 2. The fraction of sp³-hybridized carbons (Fsp3) is 0.235. The van der Waals surface area contributed by atoms with Crippen molar-refractivity contribution in [2.24, 2.45) is 5.92 Å². The molecule has 23 heavy (non-hydrogen) atoms. The van der Waals surface area contributed by atoms with Crippen molar-refractivity contribution in [2.45, 2.75) is 18.9 Å². The van der Waals surface area contributed by atoms with E-state index in [-0.39, 0.29) is 6.04 Å². The molecule has 0 spiro atoms. The van der Waals surface area contributed by atoms with Crippen molar-refractivity contribution in [1.82, 2.24) is 5.32 Å². The second kappa shape index (κ2) is 6.32. The number of benzene rings is 2. The third-order valence-electron chi connectivity index (χ3n) is 3.82. The summed E-state index contributed by atoms with van der Waals surface area (Å²) in [5.74, 6) is -3.99. The highest BCUT2D eigenvalue weighted by Gasteiger charge is 2.33. The Morgan fingerprint density at radius 3 is 2.35 bits per heavy atom. The van der Waals surface area contributed by atoms with E-state index < -0.39 is 29.2 Å². The Balaban J connectivity index is 1.72. The first-order valence-electron chi connectivity index (χ1n) is 7.32. The Labute approximate surface area is 131 Å². The van der Waals surface area contributed by atoms with Crippen LogP contribution in [0.4, 0.5) is 23.7 Å². The fourth-order valence-corrected chi connectivity index (χ4v) is 2.49. The Kier molecular flexibility index (Phi) is 4.23. The summed E-state index contributed by atoms with van der Waals surface area (Å²) >= 11 is 0. The number of halogens is 3. The van der Waals surface area contributed by atoms with Gasteiger partial charge in [-0.3, -0.25) is 0 Å². The third-order valence-corrected chi connectivity index (χ3v) is 3.82. The molecule has 3 rings (SSSR count). The molecule has 1 aliphatic carbocycles. The van der Waals surface area contributed by atoms with Crippen molar-refractivity contribution in [2.75, 3.05) is 5.32 Å². The highest BCUT2D eigenvalue weighted by Crippen LogP contribution is 2.40. The minimum atomic E-state index is -1.61. The maximum Gasteiger partial charge on any atom is 0.319 e. The molecule has 1 saturated carbocycles. The van der Waals surface area contributed by atoms with Crippen LogP contribution in [0.1, 0.15) is 24.4 Å². The molecule has 3 nitrogen and oxygen atoms in total. The van der Waals surface area contributed by atoms with Gasteiger partial charge in [-0.15, -0.1) is 0 Å². The average molecular weight is 320 g/mol. The minimum Gasteiger partial charge on any atom is -0.331 e. The number of amides is 2. The predicted molar refractivity (Wildman–Crippen MR) is 80.4 cm³/mol. The molecule has 1 unspecified atom stereocenters. The molecule has 1 atom stereocenters. The molecule has 2 aromatic rings. The first-order valence-corrected chi connectivity index (χ1v) is 7.32. The Morgan fingerprint density at radius 1 is 1.00 bits per heavy atom. The van der Waals surface area contributed by atoms with Gasteiger partial charge in [0.15, 0.2) is 17.5 Å². The van der Waals surface area contributed by atoms with Gasteiger partial charge in [0.05, 0.1) is 11.7 Å². The van der Waals surface area contributed by atoms with Crippen LogP contribution in [0.2, 0.25) is 0 Å². The topological polar surface area (TPSA) is 41.1 Å². The van der Waals surface area contributed by atoms with Crippen molar-refractivity contribution in [3.8, 4) is 0 Å². The van der Waals surface area contributed by atoms with Crippen LogP contribution in [0, 0.1) is 23.4 Å². The lowest BCUT2D eigenvalue weighted by atomic mass is 10.0. The van der Waals surface area contributed by atoms with Gasteiger partial charge in [-0.1, -0.05) is 30.3 Å². The summed E-state index contributed by atoms with van der Waals surface area (Å²) in [4.78, 5) is 12.1. The monoisotopic (exact) mass is 320 g/mol. The van der Waals surface area contributed by atoms with Gasteiger partial charge in [0, 0.05) is 0 Å². The van der Waals surface area contributed by atoms with E-state index in [1.807, 2.05) is 30.3 Å². The molecule has 1 fully saturated rings. The van der Waals surface area contributed by atoms with Crippen molar-refractivity contribution in [3.05, 3.63) is 65.5 Å². The lowest BCUT2D eigenvalue weighted by molar-refractivity contribution is 0.247. The van der Waals surface area contributed by atoms with E-state index in [1.54, 1.807) is 0 Å². The van der Waals surface area contributed by atoms with E-state index in [9.17, 15) is 18.0 Å². The summed E-state index contributed by atoms with van der Waals surface area (Å²) in [7, 11) is 0. The van der Waals surface area contributed by atoms with Crippen LogP contribution in [0.3, 0.4) is 0 Å². The van der Waals surface area contributed by atoms with E-state index in [2.05, 4.69) is 10.6 Å². The lowest BCUT2D eigenvalue weighted by Gasteiger charge is -2.19. The summed E-state index contributed by atoms with van der Waals surface area (Å²) in [6.45, 7) is 0. The van der Waals surface area contributed by atoms with Crippen LogP contribution >= 0.6 is 0 Å². The van der Waals surface area contributed by atoms with Crippen LogP contribution in [0.5, 0.6) is 0 Å². The Morgan fingerprint density at radius 2 is 1.70 bits per heavy atom. The largest absolute Gasteiger partial charge is 0.331 e. The number of nitrogens with one attached hydrogen (secondary N) is 2. The molecule has 1 aliphatic rings. The summed E-state index contributed by atoms with van der Waals surface area (Å²) in [6, 6.07) is 10.3. The van der Waals surface area contributed by atoms with Gasteiger partial charge < -0.3 is 10.6 Å². The first-order chi connectivity index (χ1) is 11.1. The molecule has 0 bridgehead atoms. The smallest absolute Gasteiger partial charge is 0.319 e. The van der Waals surface area contributed by atoms with Crippen LogP contribution in [0.25, 0.3) is 0 Å². The third kappa shape index (κ3) is 3.47. The van der Waals surface area contributed by atoms with Crippen LogP contribution < -0.4 is 10.6 Å². The summed E-state index contributed by atoms with van der Waals surface area (Å²) in [6.07, 6.45) is 2.00. The molecule has 0 saturated heterocycles. The van der Waals surface area contributed by atoms with Crippen molar-refractivity contribution >= 4 is 11.7 Å². The molecule has 0 heterocycles. The van der Waals surface area contributed by atoms with Gasteiger partial charge in [0.1, 0.15) is 0 Å². The number of urea groups is 1. The molecule has 2 N–H and O–H groups in total. The van der Waals surface area contributed by atoms with Crippen molar-refractivity contribution in [3.63, 3.8) is 0 Å². The number of hydrogen-bond acceptors (Lipinski definition) is 1. The quantitative estimate of drug-likeness (QED) is 0.807. The van der Waals surface area contributed by atoms with E-state index in [0.29, 0.717) is 5.92 Å². The number of anilines is 1. The average Bonchev–Trinajstić information content (AvgIpc) is 3.39. The molecular weight excluding hydrogens is 305 g/mol. The van der Waals surface area contributed by atoms with Gasteiger partial charge >= 0.3 is 6.03 Å². The molecule has 2 aromatic carbocycles. The van der Waals surface area contributed by atoms with Crippen LogP contribution in [-0.4, -0.2) is 6.03 Å². The van der Waals surface area contributed by atoms with E-state index in [4.69, 9.17) is 0 Å². The predicted octanol–water partition coefficient (Wildman–Crippen LogP) is 4.38. The minimum absolute atomic E-state index is 0.190. The zero-order valence-electron chi connectivity index (χ0n) is 12.2. The highest BCUT2D eigenvalue weighted by atomic mass is 19.2. The second-order valence-corrected chi connectivity index (χ2v) is 5.55. The molecular formula is C17H15F3N2O. The molecule has 0 aliphatic heterocycles. The molecule has 6 heteroatoms. The number of rotatable bonds is 4. The first kappa shape index (κ1) is 15.4. The summed E-state index contributed by atoms with van der Waals surface area (Å²) in [5, 5.41) is 5.00. The zero-order valence-corrected chi connectivity index (χ0v) is 12.2. The number of carbonyl (C=O) groups excluding carboxylic acids is 1. The lowest BCUT2D eigenvalue weighted by Crippen LogP contribution is -2.34. The molecule has 120 valence electrons. The van der Waals surface area contributed by atoms with Gasteiger partial charge in [0.25, 0.3) is 0 Å². The highest BCUT2D eigenvalue weighted by molar-refractivity contribution is 5.89. The summed E-state index contributed by atoms with van der Waals surface area (Å²) in [5.41, 5.74) is 0.555. The standard InChI is InChI=1S/C17H15F3N2O/c18-12-8-9-13(15(20)14(12)19)21-17(23)22-16(11-6-7-11)10-4-2-1-3-5-10/h1-5,8-9,11,16H,6-7H2,(H2,21,22,23). The Hall–Kier alpha value is -2.50.